The second-order valence-electron chi connectivity index (χ2n) is 3.50. The topological polar surface area (TPSA) is 41.1 Å². The Labute approximate surface area is 97.0 Å². The summed E-state index contributed by atoms with van der Waals surface area (Å²) in [6, 6.07) is 7.22. The van der Waals surface area contributed by atoms with Crippen molar-refractivity contribution in [3.05, 3.63) is 35.9 Å². The number of nitrogens with one attached hydrogen (secondary N) is 2. The van der Waals surface area contributed by atoms with Crippen LogP contribution in [0.1, 0.15) is 5.56 Å². The van der Waals surface area contributed by atoms with Crippen LogP contribution in [0.5, 0.6) is 0 Å². The van der Waals surface area contributed by atoms with Crippen molar-refractivity contribution < 1.29 is 18.0 Å². The molecule has 0 fully saturated rings. The van der Waals surface area contributed by atoms with E-state index in [1.165, 1.54) is 12.4 Å². The van der Waals surface area contributed by atoms with E-state index in [4.69, 9.17) is 0 Å². The number of likely N-dealkylation sites (N-methyl/N-ethyl adjacent to an activating group) is 1. The molecule has 1 rings (SSSR count). The number of hydrogen-bond donors (Lipinski definition) is 2. The van der Waals surface area contributed by atoms with E-state index in [1.54, 1.807) is 30.3 Å². The molecule has 0 aliphatic heterocycles. The fourth-order valence-electron chi connectivity index (χ4n) is 1.43. The number of hydrogen-bond acceptors (Lipinski definition) is 2. The summed E-state index contributed by atoms with van der Waals surface area (Å²) >= 11 is 0. The second-order valence-corrected chi connectivity index (χ2v) is 3.50. The Morgan fingerprint density at radius 3 is 2.35 bits per heavy atom. The lowest BCUT2D eigenvalue weighted by molar-refractivity contribution is -0.168. The molecule has 0 saturated carbocycles. The molecule has 1 atom stereocenters. The quantitative estimate of drug-likeness (QED) is 0.789. The maximum absolute atomic E-state index is 12.2. The van der Waals surface area contributed by atoms with Crippen molar-refractivity contribution in [2.45, 2.75) is 18.8 Å². The molecular formula is C11H13F3N2O. The lowest BCUT2D eigenvalue weighted by Gasteiger charge is -2.19. The van der Waals surface area contributed by atoms with E-state index in [-0.39, 0.29) is 6.42 Å². The van der Waals surface area contributed by atoms with Gasteiger partial charge in [0, 0.05) is 7.05 Å². The molecule has 0 spiro atoms. The molecule has 17 heavy (non-hydrogen) atoms. The zero-order valence-corrected chi connectivity index (χ0v) is 9.21. The molecule has 1 aromatic rings. The van der Waals surface area contributed by atoms with Crippen molar-refractivity contribution in [3.63, 3.8) is 0 Å². The van der Waals surface area contributed by atoms with Crippen molar-refractivity contribution in [3.8, 4) is 0 Å². The average Bonchev–Trinajstić information content (AvgIpc) is 2.27. The third kappa shape index (κ3) is 4.86. The average molecular weight is 246 g/mol. The van der Waals surface area contributed by atoms with Gasteiger partial charge in [0.2, 0.25) is 5.91 Å². The summed E-state index contributed by atoms with van der Waals surface area (Å²) in [5, 5.41) is 3.55. The predicted molar refractivity (Wildman–Crippen MR) is 57.2 cm³/mol. The standard InChI is InChI=1S/C11H13F3N2O/c1-15-10(17)9(16-11(12,13)14)7-8-5-3-2-4-6-8/h2-6,9,16H,7H2,1H3,(H,15,17). The summed E-state index contributed by atoms with van der Waals surface area (Å²) < 4.78 is 36.6. The van der Waals surface area contributed by atoms with Crippen molar-refractivity contribution in [1.29, 1.82) is 0 Å². The molecule has 1 unspecified atom stereocenters. The highest BCUT2D eigenvalue weighted by Crippen LogP contribution is 2.13. The SMILES string of the molecule is CNC(=O)C(Cc1ccccc1)NC(F)(F)F. The summed E-state index contributed by atoms with van der Waals surface area (Å²) in [6.07, 6.45) is -4.59. The van der Waals surface area contributed by atoms with Gasteiger partial charge in [-0.05, 0) is 12.0 Å². The molecule has 0 bridgehead atoms. The maximum atomic E-state index is 12.2. The van der Waals surface area contributed by atoms with Crippen molar-refractivity contribution >= 4 is 5.91 Å². The van der Waals surface area contributed by atoms with E-state index in [2.05, 4.69) is 5.32 Å². The van der Waals surface area contributed by atoms with Gasteiger partial charge in [-0.2, -0.15) is 13.2 Å². The Hall–Kier alpha value is -1.56. The molecule has 0 aliphatic rings. The zero-order valence-electron chi connectivity index (χ0n) is 9.21. The first-order valence-corrected chi connectivity index (χ1v) is 5.02. The monoisotopic (exact) mass is 246 g/mol. The van der Waals surface area contributed by atoms with Gasteiger partial charge in [0.1, 0.15) is 0 Å². The van der Waals surface area contributed by atoms with E-state index in [9.17, 15) is 18.0 Å². The van der Waals surface area contributed by atoms with Crippen LogP contribution in [0, 0.1) is 0 Å². The fraction of sp³-hybridized carbons (Fsp3) is 0.364. The summed E-state index contributed by atoms with van der Waals surface area (Å²) in [6.45, 7) is 0. The molecule has 0 aromatic heterocycles. The van der Waals surface area contributed by atoms with Crippen LogP contribution in [0.4, 0.5) is 13.2 Å². The molecule has 0 radical (unpaired) electrons. The highest BCUT2D eigenvalue weighted by molar-refractivity contribution is 5.81. The highest BCUT2D eigenvalue weighted by Gasteiger charge is 2.33. The predicted octanol–water partition coefficient (Wildman–Crippen LogP) is 1.45. The van der Waals surface area contributed by atoms with E-state index in [0.29, 0.717) is 5.56 Å². The maximum Gasteiger partial charge on any atom is 0.457 e. The second kappa shape index (κ2) is 5.67. The van der Waals surface area contributed by atoms with Crippen LogP contribution in [-0.2, 0) is 11.2 Å². The Morgan fingerprint density at radius 1 is 1.29 bits per heavy atom. The van der Waals surface area contributed by atoms with Gasteiger partial charge in [-0.3, -0.25) is 4.79 Å². The van der Waals surface area contributed by atoms with Gasteiger partial charge in [0.15, 0.2) is 0 Å². The number of carbonyl (C=O) groups excluding carboxylic acids is 1. The van der Waals surface area contributed by atoms with Crippen LogP contribution in [0.2, 0.25) is 0 Å². The van der Waals surface area contributed by atoms with Crippen LogP contribution in [0.25, 0.3) is 0 Å². The van der Waals surface area contributed by atoms with Gasteiger partial charge in [-0.25, -0.2) is 5.32 Å². The number of alkyl halides is 3. The molecule has 1 amide bonds. The molecule has 1 aromatic carbocycles. The van der Waals surface area contributed by atoms with Crippen LogP contribution in [-0.4, -0.2) is 25.3 Å². The van der Waals surface area contributed by atoms with E-state index < -0.39 is 18.2 Å². The molecule has 0 aliphatic carbocycles. The van der Waals surface area contributed by atoms with Crippen LogP contribution < -0.4 is 10.6 Å². The first-order chi connectivity index (χ1) is 7.92. The Morgan fingerprint density at radius 2 is 1.88 bits per heavy atom. The van der Waals surface area contributed by atoms with E-state index >= 15 is 0 Å². The zero-order chi connectivity index (χ0) is 12.9. The molecule has 0 heterocycles. The Bertz CT molecular complexity index is 365. The highest BCUT2D eigenvalue weighted by atomic mass is 19.4. The molecule has 6 heteroatoms. The van der Waals surface area contributed by atoms with Crippen LogP contribution in [0.3, 0.4) is 0 Å². The van der Waals surface area contributed by atoms with Gasteiger partial charge in [0.05, 0.1) is 6.04 Å². The molecule has 0 saturated heterocycles. The van der Waals surface area contributed by atoms with Gasteiger partial charge in [-0.15, -0.1) is 0 Å². The Balaban J connectivity index is 2.74. The number of benzene rings is 1. The minimum atomic E-state index is -4.58. The third-order valence-electron chi connectivity index (χ3n) is 2.18. The number of amides is 1. The molecule has 3 nitrogen and oxygen atoms in total. The number of rotatable bonds is 4. The van der Waals surface area contributed by atoms with E-state index in [0.717, 1.165) is 0 Å². The first-order valence-electron chi connectivity index (χ1n) is 5.02. The molecular weight excluding hydrogens is 233 g/mol. The summed E-state index contributed by atoms with van der Waals surface area (Å²) in [4.78, 5) is 11.3. The normalized spacial score (nSPS) is 13.2. The third-order valence-corrected chi connectivity index (χ3v) is 2.18. The minimum Gasteiger partial charge on any atom is -0.358 e. The van der Waals surface area contributed by atoms with Crippen molar-refractivity contribution in [2.24, 2.45) is 0 Å². The molecule has 2 N–H and O–H groups in total. The summed E-state index contributed by atoms with van der Waals surface area (Å²) in [7, 11) is 1.30. The van der Waals surface area contributed by atoms with Crippen molar-refractivity contribution in [1.82, 2.24) is 10.6 Å². The van der Waals surface area contributed by atoms with E-state index in [1.807, 2.05) is 0 Å². The summed E-state index contributed by atoms with van der Waals surface area (Å²) in [5.41, 5.74) is 0.665. The minimum absolute atomic E-state index is 0.0139. The lowest BCUT2D eigenvalue weighted by atomic mass is 10.1. The first kappa shape index (κ1) is 13.5. The summed E-state index contributed by atoms with van der Waals surface area (Å²) in [5.74, 6) is -0.689. The number of halogens is 3. The van der Waals surface area contributed by atoms with Gasteiger partial charge in [-0.1, -0.05) is 30.3 Å². The Kier molecular flexibility index (Phi) is 4.51. The van der Waals surface area contributed by atoms with Crippen LogP contribution in [0.15, 0.2) is 30.3 Å². The lowest BCUT2D eigenvalue weighted by Crippen LogP contribution is -2.50. The fourth-order valence-corrected chi connectivity index (χ4v) is 1.43. The smallest absolute Gasteiger partial charge is 0.358 e. The largest absolute Gasteiger partial charge is 0.457 e. The van der Waals surface area contributed by atoms with Gasteiger partial charge in [0.25, 0.3) is 0 Å². The van der Waals surface area contributed by atoms with Crippen LogP contribution >= 0.6 is 0 Å². The van der Waals surface area contributed by atoms with Gasteiger partial charge >= 0.3 is 6.30 Å². The van der Waals surface area contributed by atoms with Gasteiger partial charge < -0.3 is 5.32 Å². The van der Waals surface area contributed by atoms with Crippen molar-refractivity contribution in [2.75, 3.05) is 7.05 Å². The number of carbonyl (C=O) groups is 1. The molecule has 94 valence electrons.